The lowest BCUT2D eigenvalue weighted by Crippen LogP contribution is -2.11. The largest absolute Gasteiger partial charge is 0.286 e. The number of hydrogen-bond donors (Lipinski definition) is 0. The Balaban J connectivity index is 2.39. The maximum absolute atomic E-state index is 12.3. The Bertz CT molecular complexity index is 547. The van der Waals surface area contributed by atoms with Crippen LogP contribution in [-0.4, -0.2) is 15.6 Å². The first-order valence-electron chi connectivity index (χ1n) is 5.14. The number of carbonyl (C=O) groups excluding carboxylic acids is 1. The van der Waals surface area contributed by atoms with E-state index in [1.807, 2.05) is 12.1 Å². The van der Waals surface area contributed by atoms with Crippen molar-refractivity contribution in [3.63, 3.8) is 0 Å². The number of hydrogen-bond acceptors (Lipinski definition) is 3. The lowest BCUT2D eigenvalue weighted by atomic mass is 10.2. The molecule has 0 spiro atoms. The first-order chi connectivity index (χ1) is 8.13. The fourth-order valence-corrected chi connectivity index (χ4v) is 3.33. The molecule has 2 heterocycles. The van der Waals surface area contributed by atoms with E-state index in [1.165, 1.54) is 11.3 Å². The molecule has 0 aromatic carbocycles. The van der Waals surface area contributed by atoms with Crippen LogP contribution < -0.4 is 0 Å². The molecule has 0 amide bonds. The van der Waals surface area contributed by atoms with Crippen LogP contribution in [0.5, 0.6) is 0 Å². The van der Waals surface area contributed by atoms with Crippen molar-refractivity contribution in [2.24, 2.45) is 0 Å². The first-order valence-corrected chi connectivity index (χ1v) is 7.55. The number of aromatic nitrogens is 2. The number of ketones is 1. The van der Waals surface area contributed by atoms with Gasteiger partial charge in [0.25, 0.3) is 0 Å². The normalized spacial score (nSPS) is 10.8. The van der Waals surface area contributed by atoms with Gasteiger partial charge in [0.05, 0.1) is 19.3 Å². The van der Waals surface area contributed by atoms with Crippen molar-refractivity contribution >= 4 is 49.0 Å². The summed E-state index contributed by atoms with van der Waals surface area (Å²) in [5.74, 6) is 0.0125. The second-order valence-corrected chi connectivity index (χ2v) is 6.81. The van der Waals surface area contributed by atoms with E-state index in [-0.39, 0.29) is 5.78 Å². The molecule has 2 aromatic rings. The first kappa shape index (κ1) is 13.0. The summed E-state index contributed by atoms with van der Waals surface area (Å²) in [5, 5.41) is 4.20. The topological polar surface area (TPSA) is 34.9 Å². The van der Waals surface area contributed by atoms with Gasteiger partial charge < -0.3 is 0 Å². The summed E-state index contributed by atoms with van der Waals surface area (Å²) in [7, 11) is 0. The zero-order chi connectivity index (χ0) is 12.4. The van der Waals surface area contributed by atoms with Gasteiger partial charge in [-0.3, -0.25) is 9.48 Å². The van der Waals surface area contributed by atoms with Crippen LogP contribution in [-0.2, 0) is 6.54 Å². The molecule has 0 aliphatic heterocycles. The molecule has 6 heteroatoms. The number of thiophene rings is 1. The minimum atomic E-state index is 0.0125. The summed E-state index contributed by atoms with van der Waals surface area (Å²) in [4.78, 5) is 13.1. The summed E-state index contributed by atoms with van der Waals surface area (Å²) in [5.41, 5.74) is 0.626. The predicted molar refractivity (Wildman–Crippen MR) is 75.7 cm³/mol. The lowest BCUT2D eigenvalue weighted by Gasteiger charge is -2.04. The molecule has 90 valence electrons. The molecule has 0 aliphatic carbocycles. The summed E-state index contributed by atoms with van der Waals surface area (Å²) in [6.45, 7) is 2.81. The highest BCUT2D eigenvalue weighted by Gasteiger charge is 2.19. The van der Waals surface area contributed by atoms with Gasteiger partial charge in [0.2, 0.25) is 5.78 Å². The monoisotopic (exact) mass is 376 g/mol. The minimum absolute atomic E-state index is 0.0125. The molecule has 0 N–H and O–H groups in total. The smallest absolute Gasteiger partial charge is 0.222 e. The average Bonchev–Trinajstić information content (AvgIpc) is 2.86. The second-order valence-electron chi connectivity index (χ2n) is 3.50. The Hall–Kier alpha value is -0.460. The van der Waals surface area contributed by atoms with Gasteiger partial charge in [0, 0.05) is 6.54 Å². The molecule has 0 radical (unpaired) electrons. The van der Waals surface area contributed by atoms with Gasteiger partial charge in [-0.15, -0.1) is 11.3 Å². The summed E-state index contributed by atoms with van der Waals surface area (Å²) >= 11 is 8.18. The summed E-state index contributed by atoms with van der Waals surface area (Å²) in [6, 6.07) is 3.71. The second kappa shape index (κ2) is 5.46. The third-order valence-corrected chi connectivity index (χ3v) is 4.45. The van der Waals surface area contributed by atoms with E-state index in [4.69, 9.17) is 0 Å². The third kappa shape index (κ3) is 2.69. The third-order valence-electron chi connectivity index (χ3n) is 2.24. The van der Waals surface area contributed by atoms with Crippen LogP contribution in [0.1, 0.15) is 28.7 Å². The molecule has 0 saturated carbocycles. The lowest BCUT2D eigenvalue weighted by molar-refractivity contribution is 0.103. The maximum atomic E-state index is 12.3. The molecule has 0 unspecified atom stereocenters. The number of halogens is 2. The van der Waals surface area contributed by atoms with Gasteiger partial charge in [-0.25, -0.2) is 0 Å². The number of aryl methyl sites for hydroxylation is 1. The highest BCUT2D eigenvalue weighted by Crippen LogP contribution is 2.27. The van der Waals surface area contributed by atoms with Gasteiger partial charge in [-0.1, -0.05) is 6.92 Å². The number of carbonyl (C=O) groups is 1. The van der Waals surface area contributed by atoms with E-state index in [0.29, 0.717) is 5.69 Å². The Morgan fingerprint density at radius 1 is 1.47 bits per heavy atom. The Kier molecular flexibility index (Phi) is 4.17. The van der Waals surface area contributed by atoms with Crippen molar-refractivity contribution in [3.8, 4) is 0 Å². The van der Waals surface area contributed by atoms with Gasteiger partial charge in [0.1, 0.15) is 5.69 Å². The number of nitrogens with zero attached hydrogens (tertiary/aromatic N) is 2. The highest BCUT2D eigenvalue weighted by molar-refractivity contribution is 9.11. The minimum Gasteiger partial charge on any atom is -0.286 e. The van der Waals surface area contributed by atoms with Crippen molar-refractivity contribution in [1.29, 1.82) is 0 Å². The van der Waals surface area contributed by atoms with Crippen molar-refractivity contribution in [3.05, 3.63) is 37.2 Å². The van der Waals surface area contributed by atoms with E-state index in [1.54, 1.807) is 10.9 Å². The van der Waals surface area contributed by atoms with E-state index in [2.05, 4.69) is 43.9 Å². The quantitative estimate of drug-likeness (QED) is 0.751. The fourth-order valence-electron chi connectivity index (χ4n) is 1.52. The standard InChI is InChI=1S/C11H10Br2N2OS/c1-2-5-15-10(7(12)6-14-15)11(16)8-3-4-9(13)17-8/h3-4,6H,2,5H2,1H3. The molecule has 0 fully saturated rings. The van der Waals surface area contributed by atoms with Crippen LogP contribution in [0, 0.1) is 0 Å². The van der Waals surface area contributed by atoms with E-state index in [0.717, 1.165) is 26.1 Å². The van der Waals surface area contributed by atoms with Crippen LogP contribution in [0.25, 0.3) is 0 Å². The van der Waals surface area contributed by atoms with Crippen LogP contribution in [0.3, 0.4) is 0 Å². The zero-order valence-corrected chi connectivity index (χ0v) is 13.1. The van der Waals surface area contributed by atoms with E-state index < -0.39 is 0 Å². The number of rotatable bonds is 4. The average molecular weight is 378 g/mol. The van der Waals surface area contributed by atoms with Crippen molar-refractivity contribution in [2.75, 3.05) is 0 Å². The zero-order valence-electron chi connectivity index (χ0n) is 9.11. The maximum Gasteiger partial charge on any atom is 0.222 e. The summed E-state index contributed by atoms with van der Waals surface area (Å²) in [6.07, 6.45) is 2.62. The van der Waals surface area contributed by atoms with Crippen molar-refractivity contribution in [2.45, 2.75) is 19.9 Å². The van der Waals surface area contributed by atoms with E-state index >= 15 is 0 Å². The van der Waals surface area contributed by atoms with Crippen LogP contribution in [0.4, 0.5) is 0 Å². The molecule has 0 atom stereocenters. The van der Waals surface area contributed by atoms with Crippen LogP contribution in [0.15, 0.2) is 26.6 Å². The van der Waals surface area contributed by atoms with Crippen LogP contribution in [0.2, 0.25) is 0 Å². The van der Waals surface area contributed by atoms with Gasteiger partial charge >= 0.3 is 0 Å². The van der Waals surface area contributed by atoms with Crippen molar-refractivity contribution < 1.29 is 4.79 Å². The Morgan fingerprint density at radius 2 is 2.24 bits per heavy atom. The van der Waals surface area contributed by atoms with Gasteiger partial charge in [-0.2, -0.15) is 5.10 Å². The predicted octanol–water partition coefficient (Wildman–Crippen LogP) is 4.11. The Labute approximate surface area is 120 Å². The van der Waals surface area contributed by atoms with Crippen LogP contribution >= 0.6 is 43.2 Å². The van der Waals surface area contributed by atoms with E-state index in [9.17, 15) is 4.79 Å². The molecule has 3 nitrogen and oxygen atoms in total. The molecular formula is C11H10Br2N2OS. The van der Waals surface area contributed by atoms with Gasteiger partial charge in [-0.05, 0) is 50.4 Å². The molecule has 2 rings (SSSR count). The Morgan fingerprint density at radius 3 is 2.82 bits per heavy atom. The van der Waals surface area contributed by atoms with Crippen molar-refractivity contribution in [1.82, 2.24) is 9.78 Å². The van der Waals surface area contributed by atoms with Gasteiger partial charge in [0.15, 0.2) is 0 Å². The molecule has 0 aliphatic rings. The molecular weight excluding hydrogens is 368 g/mol. The summed E-state index contributed by atoms with van der Waals surface area (Å²) < 4.78 is 3.46. The molecule has 17 heavy (non-hydrogen) atoms. The molecule has 0 saturated heterocycles. The SMILES string of the molecule is CCCn1ncc(Br)c1C(=O)c1ccc(Br)s1. The highest BCUT2D eigenvalue weighted by atomic mass is 79.9. The fraction of sp³-hybridized carbons (Fsp3) is 0.273. The molecule has 0 bridgehead atoms. The molecule has 2 aromatic heterocycles.